The van der Waals surface area contributed by atoms with Crippen LogP contribution >= 0.6 is 22.9 Å². The number of aromatic nitrogens is 1. The largest absolute Gasteiger partial charge is 0.506 e. The number of phenols is 1. The van der Waals surface area contributed by atoms with Gasteiger partial charge in [0.2, 0.25) is 0 Å². The van der Waals surface area contributed by atoms with E-state index < -0.39 is 0 Å². The lowest BCUT2D eigenvalue weighted by Gasteiger charge is -2.00. The Labute approximate surface area is 90.8 Å². The Balaban J connectivity index is 2.22. The van der Waals surface area contributed by atoms with Crippen LogP contribution in [-0.4, -0.2) is 10.1 Å². The normalized spacial score (nSPS) is 10.4. The molecule has 0 saturated heterocycles. The van der Waals surface area contributed by atoms with E-state index in [1.165, 1.54) is 0 Å². The fourth-order valence-electron chi connectivity index (χ4n) is 1.18. The SMILES string of the molecule is Oc1ccc(Cc2nccs2)cc1Cl. The van der Waals surface area contributed by atoms with Crippen LogP contribution in [0.2, 0.25) is 5.02 Å². The van der Waals surface area contributed by atoms with Gasteiger partial charge in [0.1, 0.15) is 5.75 Å². The maximum Gasteiger partial charge on any atom is 0.134 e. The first-order chi connectivity index (χ1) is 6.75. The van der Waals surface area contributed by atoms with Crippen molar-refractivity contribution in [2.75, 3.05) is 0 Å². The molecule has 14 heavy (non-hydrogen) atoms. The standard InChI is InChI=1S/C10H8ClNOS/c11-8-5-7(1-2-9(8)13)6-10-12-3-4-14-10/h1-5,13H,6H2. The molecule has 1 heterocycles. The van der Waals surface area contributed by atoms with Crippen molar-refractivity contribution in [3.05, 3.63) is 45.4 Å². The van der Waals surface area contributed by atoms with E-state index in [1.54, 1.807) is 29.7 Å². The van der Waals surface area contributed by atoms with Gasteiger partial charge in [-0.3, -0.25) is 0 Å². The first-order valence-corrected chi connectivity index (χ1v) is 5.37. The first kappa shape index (κ1) is 9.49. The van der Waals surface area contributed by atoms with Crippen molar-refractivity contribution in [3.63, 3.8) is 0 Å². The Hall–Kier alpha value is -1.06. The molecule has 4 heteroatoms. The molecule has 1 aromatic carbocycles. The molecular weight excluding hydrogens is 218 g/mol. The molecule has 0 unspecified atom stereocenters. The van der Waals surface area contributed by atoms with Gasteiger partial charge in [-0.25, -0.2) is 4.98 Å². The molecule has 1 aromatic heterocycles. The van der Waals surface area contributed by atoms with Crippen molar-refractivity contribution in [2.24, 2.45) is 0 Å². The molecule has 0 bridgehead atoms. The first-order valence-electron chi connectivity index (χ1n) is 4.11. The van der Waals surface area contributed by atoms with E-state index in [-0.39, 0.29) is 5.75 Å². The van der Waals surface area contributed by atoms with Gasteiger partial charge < -0.3 is 5.11 Å². The summed E-state index contributed by atoms with van der Waals surface area (Å²) in [5.41, 5.74) is 1.06. The minimum Gasteiger partial charge on any atom is -0.506 e. The zero-order valence-electron chi connectivity index (χ0n) is 7.27. The summed E-state index contributed by atoms with van der Waals surface area (Å²) >= 11 is 7.40. The van der Waals surface area contributed by atoms with Crippen LogP contribution in [0, 0.1) is 0 Å². The number of aromatic hydroxyl groups is 1. The molecule has 2 nitrogen and oxygen atoms in total. The van der Waals surface area contributed by atoms with Gasteiger partial charge in [0.15, 0.2) is 0 Å². The second-order valence-corrected chi connectivity index (χ2v) is 4.27. The second kappa shape index (κ2) is 3.98. The maximum absolute atomic E-state index is 9.22. The lowest BCUT2D eigenvalue weighted by molar-refractivity contribution is 0.475. The predicted molar refractivity (Wildman–Crippen MR) is 58.0 cm³/mol. The topological polar surface area (TPSA) is 33.1 Å². The molecule has 0 aliphatic rings. The van der Waals surface area contributed by atoms with E-state index in [0.717, 1.165) is 17.0 Å². The molecule has 0 aliphatic carbocycles. The van der Waals surface area contributed by atoms with Gasteiger partial charge in [0.05, 0.1) is 10.0 Å². The fraction of sp³-hybridized carbons (Fsp3) is 0.100. The molecule has 0 amide bonds. The molecule has 0 atom stereocenters. The van der Waals surface area contributed by atoms with Crippen molar-refractivity contribution < 1.29 is 5.11 Å². The van der Waals surface area contributed by atoms with Crippen molar-refractivity contribution in [1.82, 2.24) is 4.98 Å². The Kier molecular flexibility index (Phi) is 2.70. The van der Waals surface area contributed by atoms with Crippen LogP contribution in [0.15, 0.2) is 29.8 Å². The van der Waals surface area contributed by atoms with Crippen molar-refractivity contribution in [2.45, 2.75) is 6.42 Å². The molecule has 0 fully saturated rings. The molecule has 0 radical (unpaired) electrons. The molecule has 0 spiro atoms. The van der Waals surface area contributed by atoms with Gasteiger partial charge in [0, 0.05) is 18.0 Å². The van der Waals surface area contributed by atoms with Gasteiger partial charge in [0.25, 0.3) is 0 Å². The van der Waals surface area contributed by atoms with Crippen molar-refractivity contribution in [3.8, 4) is 5.75 Å². The summed E-state index contributed by atoms with van der Waals surface area (Å²) in [7, 11) is 0. The minimum absolute atomic E-state index is 0.120. The maximum atomic E-state index is 9.22. The number of hydrogen-bond acceptors (Lipinski definition) is 3. The highest BCUT2D eigenvalue weighted by Gasteiger charge is 2.02. The lowest BCUT2D eigenvalue weighted by Crippen LogP contribution is -1.86. The van der Waals surface area contributed by atoms with Gasteiger partial charge >= 0.3 is 0 Å². The summed E-state index contributed by atoms with van der Waals surface area (Å²) in [5, 5.41) is 12.6. The van der Waals surface area contributed by atoms with E-state index >= 15 is 0 Å². The van der Waals surface area contributed by atoms with Crippen LogP contribution in [-0.2, 0) is 6.42 Å². The third-order valence-corrected chi connectivity index (χ3v) is 2.93. The average molecular weight is 226 g/mol. The summed E-state index contributed by atoms with van der Waals surface area (Å²) in [4.78, 5) is 4.18. The quantitative estimate of drug-likeness (QED) is 0.852. The number of thiazole rings is 1. The van der Waals surface area contributed by atoms with Crippen LogP contribution in [0.3, 0.4) is 0 Å². The van der Waals surface area contributed by atoms with Crippen molar-refractivity contribution >= 4 is 22.9 Å². The van der Waals surface area contributed by atoms with E-state index in [0.29, 0.717) is 5.02 Å². The molecular formula is C10H8ClNOS. The minimum atomic E-state index is 0.120. The Morgan fingerprint density at radius 3 is 2.93 bits per heavy atom. The summed E-state index contributed by atoms with van der Waals surface area (Å²) in [5.74, 6) is 0.120. The summed E-state index contributed by atoms with van der Waals surface area (Å²) in [6.07, 6.45) is 2.54. The molecule has 0 saturated carbocycles. The number of phenolic OH excluding ortho intramolecular Hbond substituents is 1. The Morgan fingerprint density at radius 2 is 2.29 bits per heavy atom. The highest BCUT2D eigenvalue weighted by atomic mass is 35.5. The fourth-order valence-corrected chi connectivity index (χ4v) is 2.03. The van der Waals surface area contributed by atoms with Crippen LogP contribution in [0.4, 0.5) is 0 Å². The zero-order chi connectivity index (χ0) is 9.97. The van der Waals surface area contributed by atoms with Crippen LogP contribution < -0.4 is 0 Å². The van der Waals surface area contributed by atoms with Crippen LogP contribution in [0.5, 0.6) is 5.75 Å². The molecule has 0 aliphatic heterocycles. The Bertz CT molecular complexity index is 428. The summed E-state index contributed by atoms with van der Waals surface area (Å²) in [6.45, 7) is 0. The zero-order valence-corrected chi connectivity index (χ0v) is 8.85. The number of hydrogen-bond donors (Lipinski definition) is 1. The van der Waals surface area contributed by atoms with E-state index in [2.05, 4.69) is 4.98 Å². The predicted octanol–water partition coefficient (Wildman–Crippen LogP) is 3.09. The van der Waals surface area contributed by atoms with Gasteiger partial charge in [-0.2, -0.15) is 0 Å². The Morgan fingerprint density at radius 1 is 1.43 bits per heavy atom. The van der Waals surface area contributed by atoms with Crippen molar-refractivity contribution in [1.29, 1.82) is 0 Å². The van der Waals surface area contributed by atoms with E-state index in [4.69, 9.17) is 11.6 Å². The lowest BCUT2D eigenvalue weighted by atomic mass is 10.1. The highest BCUT2D eigenvalue weighted by molar-refractivity contribution is 7.09. The average Bonchev–Trinajstić information content (AvgIpc) is 2.64. The highest BCUT2D eigenvalue weighted by Crippen LogP contribution is 2.25. The number of benzene rings is 1. The molecule has 2 aromatic rings. The van der Waals surface area contributed by atoms with Gasteiger partial charge in [-0.1, -0.05) is 17.7 Å². The smallest absolute Gasteiger partial charge is 0.134 e. The molecule has 1 N–H and O–H groups in total. The molecule has 2 rings (SSSR count). The van der Waals surface area contributed by atoms with E-state index in [1.807, 2.05) is 11.4 Å². The summed E-state index contributed by atoms with van der Waals surface area (Å²) < 4.78 is 0. The monoisotopic (exact) mass is 225 g/mol. The summed E-state index contributed by atoms with van der Waals surface area (Å²) in [6, 6.07) is 5.21. The third kappa shape index (κ3) is 2.05. The number of nitrogens with zero attached hydrogens (tertiary/aromatic N) is 1. The third-order valence-electron chi connectivity index (χ3n) is 1.85. The van der Waals surface area contributed by atoms with Gasteiger partial charge in [-0.05, 0) is 17.7 Å². The number of rotatable bonds is 2. The number of halogens is 1. The second-order valence-electron chi connectivity index (χ2n) is 2.89. The van der Waals surface area contributed by atoms with Crippen LogP contribution in [0.1, 0.15) is 10.6 Å². The van der Waals surface area contributed by atoms with Crippen LogP contribution in [0.25, 0.3) is 0 Å². The molecule has 72 valence electrons. The van der Waals surface area contributed by atoms with E-state index in [9.17, 15) is 5.11 Å². The van der Waals surface area contributed by atoms with Gasteiger partial charge in [-0.15, -0.1) is 11.3 Å².